The fourth-order valence-electron chi connectivity index (χ4n) is 0.834. The lowest BCUT2D eigenvalue weighted by atomic mass is 10.2. The molecule has 0 saturated carbocycles. The summed E-state index contributed by atoms with van der Waals surface area (Å²) in [6, 6.07) is 5.46. The first kappa shape index (κ1) is 6.74. The molecule has 0 heterocycles. The maximum atomic E-state index is 6.77. The Bertz CT molecular complexity index is 235. The quantitative estimate of drug-likeness (QED) is 0.450. The van der Waals surface area contributed by atoms with Gasteiger partial charge in [0.05, 0.1) is 5.69 Å². The number of rotatable bonds is 1. The topological polar surface area (TPSA) is 62.2 Å². The van der Waals surface area contributed by atoms with Crippen LogP contribution in [0, 0.1) is 12.5 Å². The van der Waals surface area contributed by atoms with Gasteiger partial charge in [-0.15, -0.1) is 0 Å². The molecule has 0 bridgehead atoms. The van der Waals surface area contributed by atoms with Crippen molar-refractivity contribution in [2.75, 3.05) is 5.73 Å². The fraction of sp³-hybridized carbons (Fsp3) is 0.143. The Balaban J connectivity index is 3.30. The van der Waals surface area contributed by atoms with Crippen LogP contribution in [0.2, 0.25) is 0 Å². The zero-order valence-corrected chi connectivity index (χ0v) is 5.76. The molecule has 0 atom stereocenters. The van der Waals surface area contributed by atoms with Gasteiger partial charge in [-0.2, -0.15) is 5.11 Å². The highest BCUT2D eigenvalue weighted by molar-refractivity contribution is 5.65. The lowest BCUT2D eigenvalue weighted by Crippen LogP contribution is -1.85. The van der Waals surface area contributed by atoms with Crippen LogP contribution >= 0.6 is 0 Å². The van der Waals surface area contributed by atoms with Gasteiger partial charge < -0.3 is 5.73 Å². The van der Waals surface area contributed by atoms with Crippen molar-refractivity contribution in [2.24, 2.45) is 5.11 Å². The van der Waals surface area contributed by atoms with Crippen molar-refractivity contribution in [3.8, 4) is 0 Å². The summed E-state index contributed by atoms with van der Waals surface area (Å²) < 4.78 is 0. The minimum atomic E-state index is 0.565. The van der Waals surface area contributed by atoms with Crippen LogP contribution in [-0.2, 0) is 0 Å². The van der Waals surface area contributed by atoms with Gasteiger partial charge in [-0.3, -0.25) is 0 Å². The number of anilines is 1. The summed E-state index contributed by atoms with van der Waals surface area (Å²) in [6.07, 6.45) is 0. The monoisotopic (exact) mass is 135 g/mol. The van der Waals surface area contributed by atoms with Crippen molar-refractivity contribution in [3.05, 3.63) is 23.8 Å². The number of nitrogen functional groups attached to an aromatic ring is 1. The molecule has 3 N–H and O–H groups in total. The highest BCUT2D eigenvalue weighted by atomic mass is 15.0. The number of nitrogens with zero attached hydrogens (tertiary/aromatic N) is 1. The molecule has 1 aromatic carbocycles. The molecule has 0 unspecified atom stereocenters. The molecule has 10 heavy (non-hydrogen) atoms. The lowest BCUT2D eigenvalue weighted by molar-refractivity contribution is 1.14. The molecule has 1 rings (SSSR count). The van der Waals surface area contributed by atoms with Crippen molar-refractivity contribution in [1.29, 1.82) is 5.53 Å². The van der Waals surface area contributed by atoms with E-state index in [2.05, 4.69) is 5.11 Å². The van der Waals surface area contributed by atoms with Crippen molar-refractivity contribution < 1.29 is 0 Å². The number of benzene rings is 1. The van der Waals surface area contributed by atoms with E-state index >= 15 is 0 Å². The molecule has 0 fully saturated rings. The Morgan fingerprint density at radius 3 is 2.60 bits per heavy atom. The Hall–Kier alpha value is -1.38. The highest BCUT2D eigenvalue weighted by Gasteiger charge is 1.98. The molecule has 0 spiro atoms. The maximum absolute atomic E-state index is 6.77. The summed E-state index contributed by atoms with van der Waals surface area (Å²) >= 11 is 0. The van der Waals surface area contributed by atoms with Gasteiger partial charge in [0, 0.05) is 0 Å². The number of para-hydroxylation sites is 1. The van der Waals surface area contributed by atoms with Crippen LogP contribution in [0.5, 0.6) is 0 Å². The largest absolute Gasteiger partial charge is 0.397 e. The first-order valence-electron chi connectivity index (χ1n) is 2.98. The summed E-state index contributed by atoms with van der Waals surface area (Å²) in [4.78, 5) is 0. The summed E-state index contributed by atoms with van der Waals surface area (Å²) in [5.41, 5.74) is 14.4. The van der Waals surface area contributed by atoms with Crippen LogP contribution in [0.3, 0.4) is 0 Å². The predicted molar refractivity (Wildman–Crippen MR) is 40.4 cm³/mol. The number of nitrogens with two attached hydrogens (primary N) is 1. The van der Waals surface area contributed by atoms with Crippen LogP contribution in [0.4, 0.5) is 11.4 Å². The van der Waals surface area contributed by atoms with Crippen molar-refractivity contribution in [1.82, 2.24) is 0 Å². The molecule has 0 aliphatic carbocycles. The van der Waals surface area contributed by atoms with Crippen LogP contribution in [0.25, 0.3) is 0 Å². The zero-order valence-electron chi connectivity index (χ0n) is 5.76. The third-order valence-electron chi connectivity index (χ3n) is 1.38. The van der Waals surface area contributed by atoms with Gasteiger partial charge in [0.2, 0.25) is 0 Å². The van der Waals surface area contributed by atoms with Crippen LogP contribution < -0.4 is 5.73 Å². The Labute approximate surface area is 59.4 Å². The number of nitrogens with one attached hydrogen (secondary N) is 1. The van der Waals surface area contributed by atoms with Crippen molar-refractivity contribution in [2.45, 2.75) is 6.92 Å². The van der Waals surface area contributed by atoms with Gasteiger partial charge in [-0.25, -0.2) is 5.53 Å². The SMILES string of the molecule is Cc1cccc(N)c1N=N. The predicted octanol–water partition coefficient (Wildman–Crippen LogP) is 2.24. The molecule has 3 nitrogen and oxygen atoms in total. The Kier molecular flexibility index (Phi) is 1.67. The van der Waals surface area contributed by atoms with E-state index in [1.807, 2.05) is 19.1 Å². The number of hydrogen-bond acceptors (Lipinski definition) is 3. The first-order chi connectivity index (χ1) is 4.75. The van der Waals surface area contributed by atoms with E-state index in [1.54, 1.807) is 6.07 Å². The lowest BCUT2D eigenvalue weighted by Gasteiger charge is -1.99. The molecule has 0 aliphatic heterocycles. The normalized spacial score (nSPS) is 9.30. The summed E-state index contributed by atoms with van der Waals surface area (Å²) in [6.45, 7) is 1.88. The van der Waals surface area contributed by atoms with Gasteiger partial charge in [0.15, 0.2) is 0 Å². The van der Waals surface area contributed by atoms with Gasteiger partial charge in [0.1, 0.15) is 5.69 Å². The van der Waals surface area contributed by atoms with Crippen LogP contribution in [0.1, 0.15) is 5.56 Å². The fourth-order valence-corrected chi connectivity index (χ4v) is 0.834. The molecular formula is C7H9N3. The summed E-state index contributed by atoms with van der Waals surface area (Å²) in [5.74, 6) is 0. The van der Waals surface area contributed by atoms with Crippen molar-refractivity contribution in [3.63, 3.8) is 0 Å². The first-order valence-corrected chi connectivity index (χ1v) is 2.98. The van der Waals surface area contributed by atoms with E-state index < -0.39 is 0 Å². The van der Waals surface area contributed by atoms with E-state index in [0.717, 1.165) is 5.56 Å². The minimum absolute atomic E-state index is 0.565. The second-order valence-electron chi connectivity index (χ2n) is 2.12. The molecule has 1 aromatic rings. The second-order valence-corrected chi connectivity index (χ2v) is 2.12. The van der Waals surface area contributed by atoms with Crippen LogP contribution in [-0.4, -0.2) is 0 Å². The maximum Gasteiger partial charge on any atom is 0.111 e. The van der Waals surface area contributed by atoms with Gasteiger partial charge in [-0.05, 0) is 18.6 Å². The average Bonchev–Trinajstić information content (AvgIpc) is 1.88. The van der Waals surface area contributed by atoms with Gasteiger partial charge >= 0.3 is 0 Å². The van der Waals surface area contributed by atoms with E-state index in [9.17, 15) is 0 Å². The molecular weight excluding hydrogens is 126 g/mol. The smallest absolute Gasteiger partial charge is 0.111 e. The third-order valence-corrected chi connectivity index (χ3v) is 1.38. The Morgan fingerprint density at radius 2 is 2.20 bits per heavy atom. The van der Waals surface area contributed by atoms with Crippen LogP contribution in [0.15, 0.2) is 23.3 Å². The summed E-state index contributed by atoms with van der Waals surface area (Å²) in [7, 11) is 0. The zero-order chi connectivity index (χ0) is 7.56. The minimum Gasteiger partial charge on any atom is -0.397 e. The van der Waals surface area contributed by atoms with Gasteiger partial charge in [0.25, 0.3) is 0 Å². The molecule has 0 aliphatic rings. The summed E-state index contributed by atoms with van der Waals surface area (Å²) in [5, 5.41) is 3.29. The number of hydrogen-bond donors (Lipinski definition) is 2. The van der Waals surface area contributed by atoms with E-state index in [4.69, 9.17) is 11.3 Å². The Morgan fingerprint density at radius 1 is 1.50 bits per heavy atom. The van der Waals surface area contributed by atoms with E-state index in [0.29, 0.717) is 11.4 Å². The molecule has 0 saturated heterocycles. The van der Waals surface area contributed by atoms with E-state index in [1.165, 1.54) is 0 Å². The molecule has 0 radical (unpaired) electrons. The molecule has 0 aromatic heterocycles. The second kappa shape index (κ2) is 2.47. The average molecular weight is 135 g/mol. The molecule has 3 heteroatoms. The van der Waals surface area contributed by atoms with E-state index in [-0.39, 0.29) is 0 Å². The standard InChI is InChI=1S/C7H9N3/c1-5-3-2-4-6(8)7(5)10-9/h2-4,9H,8H2,1H3. The van der Waals surface area contributed by atoms with Crippen molar-refractivity contribution >= 4 is 11.4 Å². The third kappa shape index (κ3) is 0.978. The van der Waals surface area contributed by atoms with Gasteiger partial charge in [-0.1, -0.05) is 12.1 Å². The number of aryl methyl sites for hydroxylation is 1. The molecule has 0 amide bonds. The highest BCUT2D eigenvalue weighted by Crippen LogP contribution is 2.24. The molecule has 52 valence electrons.